The van der Waals surface area contributed by atoms with Crippen molar-refractivity contribution in [2.75, 3.05) is 19.6 Å². The maximum absolute atomic E-state index is 10.9. The predicted octanol–water partition coefficient (Wildman–Crippen LogP) is 1.21. The summed E-state index contributed by atoms with van der Waals surface area (Å²) >= 11 is 0. The van der Waals surface area contributed by atoms with Gasteiger partial charge in [-0.15, -0.1) is 5.10 Å². The van der Waals surface area contributed by atoms with Crippen LogP contribution in [-0.2, 0) is 18.6 Å². The van der Waals surface area contributed by atoms with Gasteiger partial charge in [0.2, 0.25) is 0 Å². The minimum Gasteiger partial charge on any atom is -0.382 e. The van der Waals surface area contributed by atoms with Crippen molar-refractivity contribution < 1.29 is 5.11 Å². The van der Waals surface area contributed by atoms with Gasteiger partial charge in [0.1, 0.15) is 11.3 Å². The molecule has 0 saturated carbocycles. The number of aryl methyl sites for hydroxylation is 1. The van der Waals surface area contributed by atoms with Gasteiger partial charge in [-0.25, -0.2) is 4.68 Å². The maximum Gasteiger partial charge on any atom is 0.124 e. The molecule has 1 fully saturated rings. The van der Waals surface area contributed by atoms with Gasteiger partial charge in [-0.1, -0.05) is 5.21 Å². The number of aliphatic hydroxyl groups is 1. The third-order valence-corrected chi connectivity index (χ3v) is 4.63. The molecule has 0 aromatic carbocycles. The highest BCUT2D eigenvalue weighted by molar-refractivity contribution is 5.11. The number of hydrogen-bond donors (Lipinski definition) is 1. The van der Waals surface area contributed by atoms with Crippen molar-refractivity contribution in [3.05, 3.63) is 29.8 Å². The zero-order valence-corrected chi connectivity index (χ0v) is 14.2. The number of β-amino-alcohol motifs (C(OH)–C–C–N with tert-alkyl or cyclic N) is 1. The molecule has 3 rings (SSSR count). The van der Waals surface area contributed by atoms with Crippen LogP contribution in [0.5, 0.6) is 0 Å². The monoisotopic (exact) mass is 318 g/mol. The van der Waals surface area contributed by atoms with Crippen LogP contribution < -0.4 is 0 Å². The molecule has 1 N–H and O–H groups in total. The Labute approximate surface area is 136 Å². The van der Waals surface area contributed by atoms with E-state index < -0.39 is 5.60 Å². The summed E-state index contributed by atoms with van der Waals surface area (Å²) in [5, 5.41) is 23.5. The molecule has 7 nitrogen and oxygen atoms in total. The number of rotatable bonds is 6. The standard InChI is InChI=1S/C16H26N6O/c1-4-21-14(5-8-17-21)6-9-20-10-7-16(23,12-20)15-11-22(13(2)3)19-18-15/h5,8,11,13,23H,4,6-7,9-10,12H2,1-3H3. The molecule has 1 aliphatic rings. The van der Waals surface area contributed by atoms with Gasteiger partial charge in [0.15, 0.2) is 0 Å². The lowest BCUT2D eigenvalue weighted by Gasteiger charge is -2.21. The topological polar surface area (TPSA) is 72.0 Å². The zero-order chi connectivity index (χ0) is 16.4. The molecule has 7 heteroatoms. The van der Waals surface area contributed by atoms with Crippen molar-refractivity contribution in [3.8, 4) is 0 Å². The predicted molar refractivity (Wildman–Crippen MR) is 87.0 cm³/mol. The first kappa shape index (κ1) is 16.1. The Balaban J connectivity index is 1.60. The van der Waals surface area contributed by atoms with E-state index >= 15 is 0 Å². The van der Waals surface area contributed by atoms with Crippen molar-refractivity contribution >= 4 is 0 Å². The summed E-state index contributed by atoms with van der Waals surface area (Å²) in [4.78, 5) is 2.29. The van der Waals surface area contributed by atoms with Crippen LogP contribution in [0.3, 0.4) is 0 Å². The quantitative estimate of drug-likeness (QED) is 0.867. The van der Waals surface area contributed by atoms with E-state index in [0.29, 0.717) is 18.7 Å². The van der Waals surface area contributed by atoms with Crippen LogP contribution in [0.4, 0.5) is 0 Å². The van der Waals surface area contributed by atoms with Crippen LogP contribution in [-0.4, -0.2) is 54.4 Å². The van der Waals surface area contributed by atoms with Crippen LogP contribution >= 0.6 is 0 Å². The van der Waals surface area contributed by atoms with E-state index in [0.717, 1.165) is 26.1 Å². The SMILES string of the molecule is CCn1nccc1CCN1CCC(O)(c2cn(C(C)C)nn2)C1. The van der Waals surface area contributed by atoms with E-state index in [-0.39, 0.29) is 6.04 Å². The van der Waals surface area contributed by atoms with E-state index in [2.05, 4.69) is 47.1 Å². The Hall–Kier alpha value is -1.73. The highest BCUT2D eigenvalue weighted by Gasteiger charge is 2.40. The molecule has 2 aromatic heterocycles. The Morgan fingerprint density at radius 1 is 1.39 bits per heavy atom. The molecule has 1 atom stereocenters. The second kappa shape index (κ2) is 6.41. The summed E-state index contributed by atoms with van der Waals surface area (Å²) in [7, 11) is 0. The highest BCUT2D eigenvalue weighted by Crippen LogP contribution is 2.30. The number of nitrogens with zero attached hydrogens (tertiary/aromatic N) is 6. The van der Waals surface area contributed by atoms with Crippen molar-refractivity contribution in [1.29, 1.82) is 0 Å². The van der Waals surface area contributed by atoms with Crippen molar-refractivity contribution in [2.45, 2.75) is 51.8 Å². The third kappa shape index (κ3) is 3.30. The number of hydrogen-bond acceptors (Lipinski definition) is 5. The Kier molecular flexibility index (Phi) is 4.50. The zero-order valence-electron chi connectivity index (χ0n) is 14.2. The molecule has 126 valence electrons. The van der Waals surface area contributed by atoms with E-state index in [9.17, 15) is 5.11 Å². The molecule has 23 heavy (non-hydrogen) atoms. The largest absolute Gasteiger partial charge is 0.382 e. The van der Waals surface area contributed by atoms with Crippen molar-refractivity contribution in [3.63, 3.8) is 0 Å². The third-order valence-electron chi connectivity index (χ3n) is 4.63. The van der Waals surface area contributed by atoms with Crippen molar-refractivity contribution in [2.24, 2.45) is 0 Å². The Morgan fingerprint density at radius 2 is 2.22 bits per heavy atom. The summed E-state index contributed by atoms with van der Waals surface area (Å²) in [6.07, 6.45) is 5.38. The van der Waals surface area contributed by atoms with E-state index in [1.54, 1.807) is 4.68 Å². The maximum atomic E-state index is 10.9. The first-order valence-corrected chi connectivity index (χ1v) is 8.39. The van der Waals surface area contributed by atoms with Gasteiger partial charge in [0.25, 0.3) is 0 Å². The first-order chi connectivity index (χ1) is 11.0. The fraction of sp³-hybridized carbons (Fsp3) is 0.688. The molecule has 1 saturated heterocycles. The van der Waals surface area contributed by atoms with Crippen LogP contribution in [0.25, 0.3) is 0 Å². The molecule has 3 heterocycles. The fourth-order valence-corrected chi connectivity index (χ4v) is 3.14. The molecule has 0 radical (unpaired) electrons. The Morgan fingerprint density at radius 3 is 2.91 bits per heavy atom. The molecular formula is C16H26N6O. The normalized spacial score (nSPS) is 22.3. The summed E-state index contributed by atoms with van der Waals surface area (Å²) in [5.74, 6) is 0. The summed E-state index contributed by atoms with van der Waals surface area (Å²) in [6, 6.07) is 2.33. The van der Waals surface area contributed by atoms with Gasteiger partial charge < -0.3 is 5.11 Å². The molecule has 0 bridgehead atoms. The van der Waals surface area contributed by atoms with Crippen LogP contribution in [0.1, 0.15) is 44.6 Å². The van der Waals surface area contributed by atoms with E-state index in [1.807, 2.05) is 17.1 Å². The van der Waals surface area contributed by atoms with Crippen LogP contribution in [0.15, 0.2) is 18.5 Å². The minimum atomic E-state index is -0.877. The van der Waals surface area contributed by atoms with E-state index in [4.69, 9.17) is 0 Å². The van der Waals surface area contributed by atoms with E-state index in [1.165, 1.54) is 5.69 Å². The molecule has 0 spiro atoms. The van der Waals surface area contributed by atoms with Gasteiger partial charge in [-0.05, 0) is 33.3 Å². The second-order valence-electron chi connectivity index (χ2n) is 6.62. The average molecular weight is 318 g/mol. The second-order valence-corrected chi connectivity index (χ2v) is 6.62. The van der Waals surface area contributed by atoms with Crippen molar-refractivity contribution in [1.82, 2.24) is 29.7 Å². The van der Waals surface area contributed by atoms with Gasteiger partial charge >= 0.3 is 0 Å². The molecule has 1 unspecified atom stereocenters. The first-order valence-electron chi connectivity index (χ1n) is 8.39. The van der Waals surface area contributed by atoms with Gasteiger partial charge in [-0.3, -0.25) is 9.58 Å². The van der Waals surface area contributed by atoms with Gasteiger partial charge in [0.05, 0.1) is 6.20 Å². The lowest BCUT2D eigenvalue weighted by atomic mass is 10.00. The smallest absolute Gasteiger partial charge is 0.124 e. The minimum absolute atomic E-state index is 0.256. The number of aromatic nitrogens is 5. The molecule has 2 aromatic rings. The molecule has 1 aliphatic heterocycles. The molecule has 0 amide bonds. The number of likely N-dealkylation sites (tertiary alicyclic amines) is 1. The van der Waals surface area contributed by atoms with Gasteiger partial charge in [-0.2, -0.15) is 5.10 Å². The lowest BCUT2D eigenvalue weighted by Crippen LogP contribution is -2.32. The summed E-state index contributed by atoms with van der Waals surface area (Å²) < 4.78 is 3.83. The van der Waals surface area contributed by atoms with Gasteiger partial charge in [0, 0.05) is 50.5 Å². The molecular weight excluding hydrogens is 292 g/mol. The highest BCUT2D eigenvalue weighted by atomic mass is 16.3. The summed E-state index contributed by atoms with van der Waals surface area (Å²) in [6.45, 7) is 9.52. The summed E-state index contributed by atoms with van der Waals surface area (Å²) in [5.41, 5.74) is 1.05. The Bertz CT molecular complexity index is 649. The lowest BCUT2D eigenvalue weighted by molar-refractivity contribution is 0.0417. The molecule has 0 aliphatic carbocycles. The fourth-order valence-electron chi connectivity index (χ4n) is 3.14. The van der Waals surface area contributed by atoms with Crippen LogP contribution in [0, 0.1) is 0 Å². The van der Waals surface area contributed by atoms with Crippen LogP contribution in [0.2, 0.25) is 0 Å². The average Bonchev–Trinajstić information content (AvgIpc) is 3.24.